The first-order valence-corrected chi connectivity index (χ1v) is 6.35. The Morgan fingerprint density at radius 2 is 2.06 bits per heavy atom. The summed E-state index contributed by atoms with van der Waals surface area (Å²) >= 11 is 0. The molecule has 0 aliphatic carbocycles. The topological polar surface area (TPSA) is 15.3 Å². The lowest BCUT2D eigenvalue weighted by Gasteiger charge is -2.13. The van der Waals surface area contributed by atoms with Crippen molar-refractivity contribution in [3.05, 3.63) is 35.9 Å². The van der Waals surface area contributed by atoms with Gasteiger partial charge in [0.1, 0.15) is 0 Å². The molecule has 0 bridgehead atoms. The minimum Gasteiger partial charge on any atom is -0.297 e. The number of nitrogens with one attached hydrogen (secondary N) is 1. The molecule has 1 N–H and O–H groups in total. The molecule has 2 aliphatic rings. The summed E-state index contributed by atoms with van der Waals surface area (Å²) in [5, 5.41) is 3.76. The van der Waals surface area contributed by atoms with Crippen molar-refractivity contribution in [2.24, 2.45) is 5.92 Å². The SMILES string of the molecule is CC1CC2NC(Cc3ccccc3)CN2C1. The van der Waals surface area contributed by atoms with E-state index in [-0.39, 0.29) is 0 Å². The molecular formula is C14H20N2. The van der Waals surface area contributed by atoms with E-state index in [1.54, 1.807) is 0 Å². The summed E-state index contributed by atoms with van der Waals surface area (Å²) in [6, 6.07) is 11.5. The van der Waals surface area contributed by atoms with E-state index in [4.69, 9.17) is 0 Å². The third-order valence-electron chi connectivity index (χ3n) is 3.82. The predicted octanol–water partition coefficient (Wildman–Crippen LogP) is 1.87. The molecule has 0 aromatic heterocycles. The Bertz CT molecular complexity index is 335. The van der Waals surface area contributed by atoms with Crippen LogP contribution in [0.15, 0.2) is 30.3 Å². The van der Waals surface area contributed by atoms with E-state index < -0.39 is 0 Å². The van der Waals surface area contributed by atoms with E-state index in [1.807, 2.05) is 0 Å². The van der Waals surface area contributed by atoms with Gasteiger partial charge in [-0.15, -0.1) is 0 Å². The van der Waals surface area contributed by atoms with Crippen LogP contribution in [0, 0.1) is 5.92 Å². The van der Waals surface area contributed by atoms with Crippen LogP contribution in [0.25, 0.3) is 0 Å². The van der Waals surface area contributed by atoms with Crippen molar-refractivity contribution in [1.82, 2.24) is 10.2 Å². The Morgan fingerprint density at radius 3 is 2.81 bits per heavy atom. The highest BCUT2D eigenvalue weighted by Crippen LogP contribution is 2.26. The molecular weight excluding hydrogens is 196 g/mol. The van der Waals surface area contributed by atoms with Crippen LogP contribution in [-0.4, -0.2) is 30.2 Å². The molecule has 1 aromatic rings. The molecule has 2 aliphatic heterocycles. The first-order chi connectivity index (χ1) is 7.81. The van der Waals surface area contributed by atoms with Crippen LogP contribution in [0.4, 0.5) is 0 Å². The molecule has 3 atom stereocenters. The molecule has 2 nitrogen and oxygen atoms in total. The van der Waals surface area contributed by atoms with Gasteiger partial charge in [-0.3, -0.25) is 10.2 Å². The van der Waals surface area contributed by atoms with Gasteiger partial charge in [0, 0.05) is 19.1 Å². The lowest BCUT2D eigenvalue weighted by atomic mass is 10.1. The van der Waals surface area contributed by atoms with Crippen LogP contribution >= 0.6 is 0 Å². The van der Waals surface area contributed by atoms with Crippen molar-refractivity contribution in [1.29, 1.82) is 0 Å². The zero-order valence-electron chi connectivity index (χ0n) is 9.89. The molecule has 0 amide bonds. The summed E-state index contributed by atoms with van der Waals surface area (Å²) in [4.78, 5) is 2.61. The second-order valence-electron chi connectivity index (χ2n) is 5.36. The van der Waals surface area contributed by atoms with Gasteiger partial charge in [0.25, 0.3) is 0 Å². The monoisotopic (exact) mass is 216 g/mol. The molecule has 3 unspecified atom stereocenters. The minimum absolute atomic E-state index is 0.653. The van der Waals surface area contributed by atoms with E-state index in [9.17, 15) is 0 Å². The Labute approximate surface area is 97.6 Å². The molecule has 16 heavy (non-hydrogen) atoms. The summed E-state index contributed by atoms with van der Waals surface area (Å²) in [6.07, 6.45) is 3.15. The summed E-state index contributed by atoms with van der Waals surface area (Å²) in [5.74, 6) is 0.871. The maximum absolute atomic E-state index is 3.76. The van der Waals surface area contributed by atoms with Crippen molar-refractivity contribution in [2.45, 2.75) is 32.0 Å². The van der Waals surface area contributed by atoms with Gasteiger partial charge in [0.15, 0.2) is 0 Å². The molecule has 2 saturated heterocycles. The molecule has 1 aromatic carbocycles. The van der Waals surface area contributed by atoms with Gasteiger partial charge >= 0.3 is 0 Å². The Morgan fingerprint density at radius 1 is 1.25 bits per heavy atom. The summed E-state index contributed by atoms with van der Waals surface area (Å²) in [5.41, 5.74) is 1.45. The molecule has 86 valence electrons. The van der Waals surface area contributed by atoms with Crippen LogP contribution in [0.5, 0.6) is 0 Å². The number of hydrogen-bond donors (Lipinski definition) is 1. The van der Waals surface area contributed by atoms with Gasteiger partial charge in [-0.05, 0) is 24.3 Å². The number of rotatable bonds is 2. The van der Waals surface area contributed by atoms with Gasteiger partial charge in [0.2, 0.25) is 0 Å². The van der Waals surface area contributed by atoms with Gasteiger partial charge < -0.3 is 0 Å². The molecule has 2 heterocycles. The average Bonchev–Trinajstić information content (AvgIpc) is 2.76. The van der Waals surface area contributed by atoms with E-state index in [0.29, 0.717) is 12.2 Å². The quantitative estimate of drug-likeness (QED) is 0.812. The largest absolute Gasteiger partial charge is 0.297 e. The number of hydrogen-bond acceptors (Lipinski definition) is 2. The summed E-state index contributed by atoms with van der Waals surface area (Å²) < 4.78 is 0. The molecule has 3 rings (SSSR count). The van der Waals surface area contributed by atoms with Gasteiger partial charge in [0.05, 0.1) is 6.17 Å². The maximum atomic E-state index is 3.76. The van der Waals surface area contributed by atoms with Gasteiger partial charge in [-0.2, -0.15) is 0 Å². The van der Waals surface area contributed by atoms with Crippen LogP contribution in [-0.2, 0) is 6.42 Å². The van der Waals surface area contributed by atoms with Gasteiger partial charge in [-0.25, -0.2) is 0 Å². The third-order valence-corrected chi connectivity index (χ3v) is 3.82. The fraction of sp³-hybridized carbons (Fsp3) is 0.571. The second kappa shape index (κ2) is 4.19. The third kappa shape index (κ3) is 2.00. The summed E-state index contributed by atoms with van der Waals surface area (Å²) in [6.45, 7) is 4.86. The van der Waals surface area contributed by atoms with Crippen LogP contribution in [0.3, 0.4) is 0 Å². The number of nitrogens with zero attached hydrogens (tertiary/aromatic N) is 1. The van der Waals surface area contributed by atoms with E-state index >= 15 is 0 Å². The van der Waals surface area contributed by atoms with Crippen molar-refractivity contribution in [3.63, 3.8) is 0 Å². The highest BCUT2D eigenvalue weighted by atomic mass is 15.4. The molecule has 0 spiro atoms. The zero-order chi connectivity index (χ0) is 11.0. The van der Waals surface area contributed by atoms with Crippen molar-refractivity contribution in [3.8, 4) is 0 Å². The van der Waals surface area contributed by atoms with E-state index in [0.717, 1.165) is 5.92 Å². The average molecular weight is 216 g/mol. The van der Waals surface area contributed by atoms with Crippen LogP contribution in [0.2, 0.25) is 0 Å². The summed E-state index contributed by atoms with van der Waals surface area (Å²) in [7, 11) is 0. The first kappa shape index (κ1) is 10.3. The van der Waals surface area contributed by atoms with Crippen LogP contribution < -0.4 is 5.32 Å². The highest BCUT2D eigenvalue weighted by Gasteiger charge is 2.37. The maximum Gasteiger partial charge on any atom is 0.0603 e. The molecule has 2 fully saturated rings. The fourth-order valence-corrected chi connectivity index (χ4v) is 3.14. The molecule has 2 heteroatoms. The lowest BCUT2D eigenvalue weighted by molar-refractivity contribution is 0.307. The fourth-order valence-electron chi connectivity index (χ4n) is 3.14. The standard InChI is InChI=1S/C14H20N2/c1-11-7-14-15-13(10-16(14)9-11)8-12-5-3-2-4-6-12/h2-6,11,13-15H,7-10H2,1H3. The van der Waals surface area contributed by atoms with E-state index in [1.165, 1.54) is 31.5 Å². The van der Waals surface area contributed by atoms with Crippen molar-refractivity contribution < 1.29 is 0 Å². The molecule has 0 saturated carbocycles. The second-order valence-corrected chi connectivity index (χ2v) is 5.36. The predicted molar refractivity (Wildman–Crippen MR) is 66.2 cm³/mol. The van der Waals surface area contributed by atoms with Crippen LogP contribution in [0.1, 0.15) is 18.9 Å². The lowest BCUT2D eigenvalue weighted by Crippen LogP contribution is -2.32. The minimum atomic E-state index is 0.653. The normalized spacial score (nSPS) is 34.2. The highest BCUT2D eigenvalue weighted by molar-refractivity contribution is 5.16. The Balaban J connectivity index is 1.60. The smallest absolute Gasteiger partial charge is 0.0603 e. The number of benzene rings is 1. The van der Waals surface area contributed by atoms with Crippen molar-refractivity contribution >= 4 is 0 Å². The first-order valence-electron chi connectivity index (χ1n) is 6.35. The zero-order valence-corrected chi connectivity index (χ0v) is 9.89. The van der Waals surface area contributed by atoms with Crippen molar-refractivity contribution in [2.75, 3.05) is 13.1 Å². The van der Waals surface area contributed by atoms with Gasteiger partial charge in [-0.1, -0.05) is 37.3 Å². The Kier molecular flexibility index (Phi) is 2.70. The number of fused-ring (bicyclic) bond motifs is 1. The van der Waals surface area contributed by atoms with E-state index in [2.05, 4.69) is 47.5 Å². The molecule has 0 radical (unpaired) electrons. The Hall–Kier alpha value is -0.860.